The van der Waals surface area contributed by atoms with Crippen LogP contribution in [0.3, 0.4) is 0 Å². The highest BCUT2D eigenvalue weighted by Gasteiger charge is 2.30. The van der Waals surface area contributed by atoms with Crippen molar-refractivity contribution < 1.29 is 9.90 Å². The Balaban J connectivity index is 2.38. The highest BCUT2D eigenvalue weighted by atomic mass is 16.4. The van der Waals surface area contributed by atoms with E-state index in [9.17, 15) is 9.90 Å². The molecule has 1 aromatic rings. The number of nitrogen functional groups attached to an aromatic ring is 1. The van der Waals surface area contributed by atoms with Crippen molar-refractivity contribution in [2.45, 2.75) is 38.5 Å². The van der Waals surface area contributed by atoms with Gasteiger partial charge in [-0.1, -0.05) is 13.8 Å². The smallest absolute Gasteiger partial charge is 0.312 e. The van der Waals surface area contributed by atoms with E-state index in [2.05, 4.69) is 9.97 Å². The zero-order chi connectivity index (χ0) is 12.6. The van der Waals surface area contributed by atoms with E-state index < -0.39 is 11.9 Å². The molecule has 2 rings (SSSR count). The summed E-state index contributed by atoms with van der Waals surface area (Å²) in [5, 5.41) is 9.23. The van der Waals surface area contributed by atoms with Crippen LogP contribution < -0.4 is 5.73 Å². The molecule has 5 nitrogen and oxygen atoms in total. The predicted molar refractivity (Wildman–Crippen MR) is 63.6 cm³/mol. The Hall–Kier alpha value is -1.65. The van der Waals surface area contributed by atoms with Crippen LogP contribution in [-0.2, 0) is 4.79 Å². The fourth-order valence-electron chi connectivity index (χ4n) is 1.94. The first-order valence-electron chi connectivity index (χ1n) is 5.86. The summed E-state index contributed by atoms with van der Waals surface area (Å²) in [6, 6.07) is 1.57. The Morgan fingerprint density at radius 1 is 1.47 bits per heavy atom. The highest BCUT2D eigenvalue weighted by molar-refractivity contribution is 5.76. The molecule has 1 aromatic heterocycles. The standard InChI is InChI=1S/C12H17N3O2/c1-6(2)10(12(16)17)8-5-9(13)15-11(14-8)7-3-4-7/h5-7,10H,3-4H2,1-2H3,(H,16,17)(H2,13,14,15). The number of carboxylic acid groups (broad SMARTS) is 1. The SMILES string of the molecule is CC(C)C(C(=O)O)c1cc(N)nc(C2CC2)n1. The van der Waals surface area contributed by atoms with Gasteiger partial charge in [-0.15, -0.1) is 0 Å². The second-order valence-corrected chi connectivity index (χ2v) is 4.91. The molecule has 0 radical (unpaired) electrons. The molecular formula is C12H17N3O2. The average Bonchev–Trinajstić information content (AvgIpc) is 2.97. The molecule has 0 bridgehead atoms. The van der Waals surface area contributed by atoms with Gasteiger partial charge >= 0.3 is 5.97 Å². The number of anilines is 1. The number of rotatable bonds is 4. The van der Waals surface area contributed by atoms with Crippen LogP contribution in [0.15, 0.2) is 6.07 Å². The van der Waals surface area contributed by atoms with E-state index in [1.54, 1.807) is 6.07 Å². The first kappa shape index (κ1) is 11.8. The normalized spacial score (nSPS) is 17.1. The lowest BCUT2D eigenvalue weighted by molar-refractivity contribution is -0.140. The molecule has 92 valence electrons. The number of hydrogen-bond donors (Lipinski definition) is 2. The Labute approximate surface area is 100 Å². The minimum Gasteiger partial charge on any atom is -0.481 e. The zero-order valence-electron chi connectivity index (χ0n) is 10.1. The maximum Gasteiger partial charge on any atom is 0.312 e. The molecular weight excluding hydrogens is 218 g/mol. The maximum atomic E-state index is 11.2. The highest BCUT2D eigenvalue weighted by Crippen LogP contribution is 2.39. The van der Waals surface area contributed by atoms with Crippen molar-refractivity contribution in [1.29, 1.82) is 0 Å². The molecule has 1 unspecified atom stereocenters. The van der Waals surface area contributed by atoms with Gasteiger partial charge in [0, 0.05) is 12.0 Å². The fraction of sp³-hybridized carbons (Fsp3) is 0.583. The van der Waals surface area contributed by atoms with Gasteiger partial charge in [-0.25, -0.2) is 9.97 Å². The lowest BCUT2D eigenvalue weighted by Gasteiger charge is -2.16. The molecule has 0 aromatic carbocycles. The molecule has 1 atom stereocenters. The molecule has 0 amide bonds. The van der Waals surface area contributed by atoms with E-state index in [-0.39, 0.29) is 5.92 Å². The topological polar surface area (TPSA) is 89.1 Å². The number of aliphatic carboxylic acids is 1. The summed E-state index contributed by atoms with van der Waals surface area (Å²) in [6.45, 7) is 3.74. The second-order valence-electron chi connectivity index (χ2n) is 4.91. The lowest BCUT2D eigenvalue weighted by Crippen LogP contribution is -2.20. The summed E-state index contributed by atoms with van der Waals surface area (Å²) in [5.74, 6) is -0.0546. The van der Waals surface area contributed by atoms with Gasteiger partial charge in [0.2, 0.25) is 0 Å². The first-order valence-corrected chi connectivity index (χ1v) is 5.86. The van der Waals surface area contributed by atoms with Crippen molar-refractivity contribution in [2.75, 3.05) is 5.73 Å². The third kappa shape index (κ3) is 2.54. The van der Waals surface area contributed by atoms with Gasteiger partial charge in [0.15, 0.2) is 0 Å². The molecule has 1 aliphatic carbocycles. The van der Waals surface area contributed by atoms with Gasteiger partial charge in [0.1, 0.15) is 17.6 Å². The fourth-order valence-corrected chi connectivity index (χ4v) is 1.94. The van der Waals surface area contributed by atoms with Crippen LogP contribution >= 0.6 is 0 Å². The van der Waals surface area contributed by atoms with Crippen molar-refractivity contribution in [1.82, 2.24) is 9.97 Å². The molecule has 1 heterocycles. The first-order chi connectivity index (χ1) is 7.99. The van der Waals surface area contributed by atoms with Gasteiger partial charge in [0.05, 0.1) is 5.69 Å². The van der Waals surface area contributed by atoms with Gasteiger partial charge in [-0.3, -0.25) is 4.79 Å². The summed E-state index contributed by atoms with van der Waals surface area (Å²) in [4.78, 5) is 19.8. The Kier molecular flexibility index (Phi) is 3.00. The van der Waals surface area contributed by atoms with Gasteiger partial charge in [-0.2, -0.15) is 0 Å². The van der Waals surface area contributed by atoms with Crippen LogP contribution in [0.4, 0.5) is 5.82 Å². The van der Waals surface area contributed by atoms with Gasteiger partial charge in [-0.05, 0) is 18.8 Å². The quantitative estimate of drug-likeness (QED) is 0.830. The lowest BCUT2D eigenvalue weighted by atomic mass is 9.92. The van der Waals surface area contributed by atoms with Crippen LogP contribution in [0.2, 0.25) is 0 Å². The van der Waals surface area contributed by atoms with Crippen molar-refractivity contribution >= 4 is 11.8 Å². The van der Waals surface area contributed by atoms with Gasteiger partial charge in [0.25, 0.3) is 0 Å². The number of nitrogens with two attached hydrogens (primary N) is 1. The number of carbonyl (C=O) groups is 1. The number of nitrogens with zero attached hydrogens (tertiary/aromatic N) is 2. The Morgan fingerprint density at radius 3 is 2.59 bits per heavy atom. The van der Waals surface area contributed by atoms with Crippen LogP contribution in [0.1, 0.15) is 50.0 Å². The van der Waals surface area contributed by atoms with E-state index in [1.165, 1.54) is 0 Å². The van der Waals surface area contributed by atoms with Crippen molar-refractivity contribution in [3.63, 3.8) is 0 Å². The molecule has 1 aliphatic rings. The summed E-state index contributed by atoms with van der Waals surface area (Å²) < 4.78 is 0. The van der Waals surface area contributed by atoms with E-state index >= 15 is 0 Å². The summed E-state index contributed by atoms with van der Waals surface area (Å²) in [7, 11) is 0. The van der Waals surface area contributed by atoms with E-state index in [1.807, 2.05) is 13.8 Å². The molecule has 0 aliphatic heterocycles. The number of aromatic nitrogens is 2. The van der Waals surface area contributed by atoms with E-state index in [0.29, 0.717) is 23.3 Å². The Morgan fingerprint density at radius 2 is 2.12 bits per heavy atom. The maximum absolute atomic E-state index is 11.2. The molecule has 3 N–H and O–H groups in total. The molecule has 0 saturated heterocycles. The molecule has 1 fully saturated rings. The van der Waals surface area contributed by atoms with Crippen molar-refractivity contribution in [2.24, 2.45) is 5.92 Å². The summed E-state index contributed by atoms with van der Waals surface area (Å²) in [5.41, 5.74) is 6.25. The summed E-state index contributed by atoms with van der Waals surface area (Å²) in [6.07, 6.45) is 2.14. The average molecular weight is 235 g/mol. The van der Waals surface area contributed by atoms with Crippen LogP contribution in [0.25, 0.3) is 0 Å². The molecule has 1 saturated carbocycles. The van der Waals surface area contributed by atoms with Crippen LogP contribution in [-0.4, -0.2) is 21.0 Å². The van der Waals surface area contributed by atoms with E-state index in [4.69, 9.17) is 5.73 Å². The zero-order valence-corrected chi connectivity index (χ0v) is 10.1. The summed E-state index contributed by atoms with van der Waals surface area (Å²) >= 11 is 0. The molecule has 5 heteroatoms. The third-order valence-corrected chi connectivity index (χ3v) is 2.98. The van der Waals surface area contributed by atoms with Crippen LogP contribution in [0.5, 0.6) is 0 Å². The van der Waals surface area contributed by atoms with Crippen molar-refractivity contribution in [3.05, 3.63) is 17.6 Å². The molecule has 0 spiro atoms. The monoisotopic (exact) mass is 235 g/mol. The number of carboxylic acids is 1. The van der Waals surface area contributed by atoms with Crippen LogP contribution in [0, 0.1) is 5.92 Å². The number of hydrogen-bond acceptors (Lipinski definition) is 4. The molecule has 17 heavy (non-hydrogen) atoms. The minimum atomic E-state index is -0.861. The predicted octanol–water partition coefficient (Wildman–Crippen LogP) is 1.76. The largest absolute Gasteiger partial charge is 0.481 e. The van der Waals surface area contributed by atoms with E-state index in [0.717, 1.165) is 12.8 Å². The van der Waals surface area contributed by atoms with Gasteiger partial charge < -0.3 is 10.8 Å². The third-order valence-electron chi connectivity index (χ3n) is 2.98. The second kappa shape index (κ2) is 4.31. The van der Waals surface area contributed by atoms with Crippen molar-refractivity contribution in [3.8, 4) is 0 Å². The Bertz CT molecular complexity index is 441. The minimum absolute atomic E-state index is 0.0196.